The highest BCUT2D eigenvalue weighted by Gasteiger charge is 2.39. The van der Waals surface area contributed by atoms with Crippen LogP contribution in [0.5, 0.6) is 0 Å². The number of methoxy groups -OCH3 is 1. The molecular formula is C29H42O8S. The maximum absolute atomic E-state index is 12.5. The number of rotatable bonds is 15. The molecule has 38 heavy (non-hydrogen) atoms. The zero-order valence-corrected chi connectivity index (χ0v) is 23.7. The van der Waals surface area contributed by atoms with Gasteiger partial charge >= 0.3 is 11.9 Å². The summed E-state index contributed by atoms with van der Waals surface area (Å²) in [6.07, 6.45) is 3.98. The van der Waals surface area contributed by atoms with Crippen LogP contribution >= 0.6 is 11.8 Å². The molecule has 9 heteroatoms. The molecule has 0 bridgehead atoms. The maximum atomic E-state index is 12.5. The van der Waals surface area contributed by atoms with E-state index >= 15 is 0 Å². The first-order valence-corrected chi connectivity index (χ1v) is 14.2. The number of ketones is 1. The van der Waals surface area contributed by atoms with Gasteiger partial charge in [-0.1, -0.05) is 36.4 Å². The smallest absolute Gasteiger partial charge is 0.344 e. The molecule has 0 aromatic heterocycles. The van der Waals surface area contributed by atoms with Crippen molar-refractivity contribution in [2.75, 3.05) is 25.2 Å². The number of aliphatic hydroxyl groups excluding tert-OH is 2. The van der Waals surface area contributed by atoms with Crippen molar-refractivity contribution in [3.8, 4) is 0 Å². The first-order chi connectivity index (χ1) is 18.0. The van der Waals surface area contributed by atoms with Crippen molar-refractivity contribution < 1.29 is 38.8 Å². The van der Waals surface area contributed by atoms with Crippen molar-refractivity contribution in [3.05, 3.63) is 47.5 Å². The van der Waals surface area contributed by atoms with E-state index in [-0.39, 0.29) is 37.1 Å². The second kappa shape index (κ2) is 16.0. The van der Waals surface area contributed by atoms with E-state index in [4.69, 9.17) is 14.2 Å². The molecule has 1 saturated carbocycles. The Morgan fingerprint density at radius 2 is 1.92 bits per heavy atom. The molecule has 0 heterocycles. The van der Waals surface area contributed by atoms with Gasteiger partial charge in [-0.05, 0) is 56.2 Å². The molecule has 1 aliphatic carbocycles. The van der Waals surface area contributed by atoms with Crippen LogP contribution in [0.15, 0.2) is 36.4 Å². The Morgan fingerprint density at radius 1 is 1.18 bits per heavy atom. The summed E-state index contributed by atoms with van der Waals surface area (Å²) in [6, 6.07) is 7.84. The number of carbonyl (C=O) groups excluding carboxylic acids is 3. The van der Waals surface area contributed by atoms with E-state index in [0.717, 1.165) is 16.9 Å². The summed E-state index contributed by atoms with van der Waals surface area (Å²) in [5, 5.41) is 20.9. The largest absolute Gasteiger partial charge is 0.457 e. The summed E-state index contributed by atoms with van der Waals surface area (Å²) in [7, 11) is 1.64. The first-order valence-electron chi connectivity index (χ1n) is 13.1. The number of hydrogen-bond donors (Lipinski definition) is 2. The fourth-order valence-corrected chi connectivity index (χ4v) is 5.36. The van der Waals surface area contributed by atoms with Crippen LogP contribution < -0.4 is 0 Å². The average molecular weight is 551 g/mol. The van der Waals surface area contributed by atoms with Gasteiger partial charge in [0.05, 0.1) is 18.8 Å². The molecule has 8 nitrogen and oxygen atoms in total. The molecule has 1 aromatic rings. The number of thioether (sulfide) groups is 1. The second-order valence-electron chi connectivity index (χ2n) is 10.6. The lowest BCUT2D eigenvalue weighted by Gasteiger charge is -2.19. The van der Waals surface area contributed by atoms with Crippen molar-refractivity contribution in [2.24, 2.45) is 11.8 Å². The Labute approximate surface area is 230 Å². The van der Waals surface area contributed by atoms with Crippen molar-refractivity contribution in [3.63, 3.8) is 0 Å². The number of hydrogen-bond acceptors (Lipinski definition) is 9. The van der Waals surface area contributed by atoms with Crippen LogP contribution in [0.25, 0.3) is 0 Å². The molecular weight excluding hydrogens is 508 g/mol. The molecule has 212 valence electrons. The topological polar surface area (TPSA) is 119 Å². The Morgan fingerprint density at radius 3 is 2.63 bits per heavy atom. The summed E-state index contributed by atoms with van der Waals surface area (Å²) in [5.41, 5.74) is 1.40. The van der Waals surface area contributed by atoms with E-state index < -0.39 is 29.7 Å². The van der Waals surface area contributed by atoms with Gasteiger partial charge in [0.1, 0.15) is 11.4 Å². The lowest BCUT2D eigenvalue weighted by Crippen LogP contribution is -2.27. The molecule has 0 unspecified atom stereocenters. The average Bonchev–Trinajstić information content (AvgIpc) is 3.09. The fraction of sp³-hybridized carbons (Fsp3) is 0.621. The number of ether oxygens (including phenoxy) is 3. The Balaban J connectivity index is 1.71. The number of esters is 2. The summed E-state index contributed by atoms with van der Waals surface area (Å²) in [6.45, 7) is 5.36. The fourth-order valence-electron chi connectivity index (χ4n) is 4.38. The van der Waals surface area contributed by atoms with Gasteiger partial charge in [0.25, 0.3) is 0 Å². The van der Waals surface area contributed by atoms with E-state index in [9.17, 15) is 24.6 Å². The first kappa shape index (κ1) is 32.0. The maximum Gasteiger partial charge on any atom is 0.344 e. The van der Waals surface area contributed by atoms with Crippen LogP contribution in [0.1, 0.15) is 57.6 Å². The van der Waals surface area contributed by atoms with Crippen molar-refractivity contribution in [1.82, 2.24) is 0 Å². The third-order valence-corrected chi connectivity index (χ3v) is 7.15. The predicted octanol–water partition coefficient (Wildman–Crippen LogP) is 3.65. The van der Waals surface area contributed by atoms with Gasteiger partial charge < -0.3 is 24.4 Å². The SMILES string of the molecule is COCc1cccc(C[C@H](O)C=C[C@H]2[C@H](O)CC(=O)[C@@H]2CCSCCCC(=O)OCC(=O)OC(C)(C)C)c1. The lowest BCUT2D eigenvalue weighted by molar-refractivity contribution is -0.166. The highest BCUT2D eigenvalue weighted by Crippen LogP contribution is 2.34. The quantitative estimate of drug-likeness (QED) is 0.192. The van der Waals surface area contributed by atoms with E-state index in [0.29, 0.717) is 31.6 Å². The predicted molar refractivity (Wildman–Crippen MR) is 147 cm³/mol. The van der Waals surface area contributed by atoms with E-state index in [1.165, 1.54) is 0 Å². The van der Waals surface area contributed by atoms with Gasteiger partial charge in [0, 0.05) is 38.2 Å². The molecule has 1 aliphatic rings. The number of benzene rings is 1. The van der Waals surface area contributed by atoms with Crippen LogP contribution in [0.2, 0.25) is 0 Å². The zero-order chi connectivity index (χ0) is 28.1. The monoisotopic (exact) mass is 550 g/mol. The van der Waals surface area contributed by atoms with Crippen molar-refractivity contribution >= 4 is 29.5 Å². The highest BCUT2D eigenvalue weighted by molar-refractivity contribution is 7.99. The Bertz CT molecular complexity index is 939. The van der Waals surface area contributed by atoms with Gasteiger partial charge in [-0.3, -0.25) is 9.59 Å². The standard InChI is InChI=1S/C29H42O8S/c1-29(2,3)37-28(34)19-36-27(33)9-6-13-38-14-12-24-23(25(31)17-26(24)32)11-10-22(30)16-20-7-5-8-21(15-20)18-35-4/h5,7-8,10-11,15,22-25,30-31H,6,9,12-14,16-19H2,1-4H3/t22-,23-,24-,25-/m1/s1. The van der Waals surface area contributed by atoms with E-state index in [1.54, 1.807) is 51.8 Å². The summed E-state index contributed by atoms with van der Waals surface area (Å²) in [4.78, 5) is 35.9. The third-order valence-electron chi connectivity index (χ3n) is 6.05. The molecule has 2 rings (SSSR count). The van der Waals surface area contributed by atoms with Gasteiger partial charge in [-0.2, -0.15) is 11.8 Å². The van der Waals surface area contributed by atoms with Crippen LogP contribution in [0.3, 0.4) is 0 Å². The van der Waals surface area contributed by atoms with Crippen LogP contribution in [0, 0.1) is 11.8 Å². The minimum atomic E-state index is -0.745. The minimum Gasteiger partial charge on any atom is -0.457 e. The summed E-state index contributed by atoms with van der Waals surface area (Å²) >= 11 is 1.63. The normalized spacial score (nSPS) is 20.6. The molecule has 2 N–H and O–H groups in total. The van der Waals surface area contributed by atoms with Crippen molar-refractivity contribution in [1.29, 1.82) is 0 Å². The van der Waals surface area contributed by atoms with Gasteiger partial charge in [0.2, 0.25) is 0 Å². The molecule has 0 spiro atoms. The van der Waals surface area contributed by atoms with Crippen LogP contribution in [-0.4, -0.2) is 71.0 Å². The third kappa shape index (κ3) is 12.1. The molecule has 1 fully saturated rings. The molecule has 1 aromatic carbocycles. The number of aliphatic hydroxyl groups is 2. The lowest BCUT2D eigenvalue weighted by atomic mass is 9.91. The van der Waals surface area contributed by atoms with E-state index in [1.807, 2.05) is 24.3 Å². The van der Waals surface area contributed by atoms with Crippen LogP contribution in [-0.2, 0) is 41.6 Å². The highest BCUT2D eigenvalue weighted by atomic mass is 32.2. The molecule has 0 saturated heterocycles. The molecule has 0 amide bonds. The summed E-state index contributed by atoms with van der Waals surface area (Å²) < 4.78 is 15.2. The van der Waals surface area contributed by atoms with Gasteiger partial charge in [0.15, 0.2) is 6.61 Å². The number of Topliss-reactive ketones (excluding diaryl/α,β-unsaturated/α-hetero) is 1. The second-order valence-corrected chi connectivity index (χ2v) is 11.8. The zero-order valence-electron chi connectivity index (χ0n) is 22.9. The molecule has 4 atom stereocenters. The van der Waals surface area contributed by atoms with Gasteiger partial charge in [-0.25, -0.2) is 4.79 Å². The Hall–Kier alpha value is -2.20. The van der Waals surface area contributed by atoms with Crippen LogP contribution in [0.4, 0.5) is 0 Å². The summed E-state index contributed by atoms with van der Waals surface area (Å²) in [5.74, 6) is -0.150. The van der Waals surface area contributed by atoms with E-state index in [2.05, 4.69) is 0 Å². The van der Waals surface area contributed by atoms with Gasteiger partial charge in [-0.15, -0.1) is 0 Å². The molecule has 0 aliphatic heterocycles. The minimum absolute atomic E-state index is 0.0419. The Kier molecular flexibility index (Phi) is 13.5. The van der Waals surface area contributed by atoms with Crippen molar-refractivity contribution in [2.45, 2.75) is 77.3 Å². The number of carbonyl (C=O) groups is 3. The molecule has 0 radical (unpaired) electrons.